The summed E-state index contributed by atoms with van der Waals surface area (Å²) in [5, 5.41) is 5.98. The Labute approximate surface area is 140 Å². The topological polar surface area (TPSA) is 79.5 Å². The summed E-state index contributed by atoms with van der Waals surface area (Å²) in [5.41, 5.74) is 6.02. The molecule has 0 aromatic heterocycles. The van der Waals surface area contributed by atoms with Gasteiger partial charge in [0.1, 0.15) is 0 Å². The van der Waals surface area contributed by atoms with Crippen molar-refractivity contribution in [3.63, 3.8) is 0 Å². The summed E-state index contributed by atoms with van der Waals surface area (Å²) in [6.07, 6.45) is 1.68. The van der Waals surface area contributed by atoms with E-state index < -0.39 is 0 Å². The van der Waals surface area contributed by atoms with E-state index in [0.717, 1.165) is 0 Å². The standard InChI is InChI=1S/C13H17ClN4O.HI/c1-2-7-17-13(15)18-9-8-16-12(19)10-5-3-4-6-11(10)14;/h2-6H,1,7-9H2,(H,16,19)(H3,15,17,18);1H. The van der Waals surface area contributed by atoms with Gasteiger partial charge >= 0.3 is 0 Å². The molecule has 0 heterocycles. The normalized spacial score (nSPS) is 10.3. The fourth-order valence-corrected chi connectivity index (χ4v) is 1.54. The zero-order valence-electron chi connectivity index (χ0n) is 10.9. The Balaban J connectivity index is 0.00000361. The lowest BCUT2D eigenvalue weighted by Crippen LogP contribution is -2.33. The predicted molar refractivity (Wildman–Crippen MR) is 93.9 cm³/mol. The van der Waals surface area contributed by atoms with Gasteiger partial charge in [-0.1, -0.05) is 29.8 Å². The second-order valence-corrected chi connectivity index (χ2v) is 4.08. The molecule has 0 radical (unpaired) electrons. The van der Waals surface area contributed by atoms with Crippen molar-refractivity contribution < 1.29 is 4.79 Å². The zero-order valence-corrected chi connectivity index (χ0v) is 14.0. The number of guanidine groups is 1. The van der Waals surface area contributed by atoms with Crippen LogP contribution in [-0.4, -0.2) is 31.5 Å². The van der Waals surface area contributed by atoms with Crippen LogP contribution in [0.25, 0.3) is 0 Å². The Kier molecular flexibility index (Phi) is 9.83. The van der Waals surface area contributed by atoms with Crippen LogP contribution in [0.3, 0.4) is 0 Å². The molecule has 0 aliphatic carbocycles. The fraction of sp³-hybridized carbons (Fsp3) is 0.231. The lowest BCUT2D eigenvalue weighted by Gasteiger charge is -2.06. The quantitative estimate of drug-likeness (QED) is 0.221. The van der Waals surface area contributed by atoms with E-state index in [1.807, 2.05) is 0 Å². The fourth-order valence-electron chi connectivity index (χ4n) is 1.32. The average molecular weight is 409 g/mol. The van der Waals surface area contributed by atoms with Crippen LogP contribution in [0, 0.1) is 0 Å². The SMILES string of the molecule is C=CCNC(N)=NCCNC(=O)c1ccccc1Cl.I. The summed E-state index contributed by atoms with van der Waals surface area (Å²) in [4.78, 5) is 15.8. The van der Waals surface area contributed by atoms with Crippen molar-refractivity contribution in [1.29, 1.82) is 0 Å². The van der Waals surface area contributed by atoms with E-state index >= 15 is 0 Å². The van der Waals surface area contributed by atoms with E-state index in [4.69, 9.17) is 17.3 Å². The van der Waals surface area contributed by atoms with Gasteiger partial charge in [0.15, 0.2) is 5.96 Å². The molecule has 0 atom stereocenters. The van der Waals surface area contributed by atoms with Crippen LogP contribution in [0.15, 0.2) is 41.9 Å². The van der Waals surface area contributed by atoms with Crippen molar-refractivity contribution in [2.24, 2.45) is 10.7 Å². The van der Waals surface area contributed by atoms with Gasteiger partial charge in [0.25, 0.3) is 5.91 Å². The average Bonchev–Trinajstić information content (AvgIpc) is 2.41. The van der Waals surface area contributed by atoms with E-state index in [9.17, 15) is 4.79 Å². The molecule has 20 heavy (non-hydrogen) atoms. The summed E-state index contributed by atoms with van der Waals surface area (Å²) in [6.45, 7) is 4.89. The van der Waals surface area contributed by atoms with Crippen LogP contribution in [0.4, 0.5) is 0 Å². The second kappa shape index (κ2) is 10.5. The van der Waals surface area contributed by atoms with Crippen molar-refractivity contribution in [2.75, 3.05) is 19.6 Å². The van der Waals surface area contributed by atoms with Crippen LogP contribution in [0.5, 0.6) is 0 Å². The first-order chi connectivity index (χ1) is 9.15. The molecular formula is C13H18ClIN4O. The number of nitrogens with one attached hydrogen (secondary N) is 2. The van der Waals surface area contributed by atoms with E-state index in [1.54, 1.807) is 30.3 Å². The highest BCUT2D eigenvalue weighted by atomic mass is 127. The van der Waals surface area contributed by atoms with Crippen LogP contribution < -0.4 is 16.4 Å². The van der Waals surface area contributed by atoms with Gasteiger partial charge in [0.05, 0.1) is 17.1 Å². The first-order valence-corrected chi connectivity index (χ1v) is 6.20. The minimum absolute atomic E-state index is 0. The molecule has 0 fully saturated rings. The van der Waals surface area contributed by atoms with Gasteiger partial charge in [-0.3, -0.25) is 9.79 Å². The highest BCUT2D eigenvalue weighted by Gasteiger charge is 2.07. The molecular weight excluding hydrogens is 391 g/mol. The number of nitrogens with zero attached hydrogens (tertiary/aromatic N) is 1. The third-order valence-corrected chi connectivity index (χ3v) is 2.56. The Morgan fingerprint density at radius 1 is 1.40 bits per heavy atom. The summed E-state index contributed by atoms with van der Waals surface area (Å²) < 4.78 is 0. The molecule has 0 unspecified atom stereocenters. The lowest BCUT2D eigenvalue weighted by molar-refractivity contribution is 0.0955. The van der Waals surface area contributed by atoms with Crippen molar-refractivity contribution in [1.82, 2.24) is 10.6 Å². The van der Waals surface area contributed by atoms with Crippen molar-refractivity contribution in [3.05, 3.63) is 47.5 Å². The number of nitrogens with two attached hydrogens (primary N) is 1. The van der Waals surface area contributed by atoms with E-state index in [-0.39, 0.29) is 29.9 Å². The summed E-state index contributed by atoms with van der Waals surface area (Å²) in [7, 11) is 0. The first-order valence-electron chi connectivity index (χ1n) is 5.82. The highest BCUT2D eigenvalue weighted by Crippen LogP contribution is 2.14. The lowest BCUT2D eigenvalue weighted by atomic mass is 10.2. The second-order valence-electron chi connectivity index (χ2n) is 3.67. The number of carbonyl (C=O) groups excluding carboxylic acids is 1. The Bertz CT molecular complexity index is 479. The molecule has 0 aliphatic heterocycles. The van der Waals surface area contributed by atoms with Crippen molar-refractivity contribution >= 4 is 47.4 Å². The molecule has 0 aliphatic rings. The van der Waals surface area contributed by atoms with Crippen molar-refractivity contribution in [3.8, 4) is 0 Å². The highest BCUT2D eigenvalue weighted by molar-refractivity contribution is 14.0. The summed E-state index contributed by atoms with van der Waals surface area (Å²) in [5.74, 6) is 0.102. The minimum Gasteiger partial charge on any atom is -0.370 e. The van der Waals surface area contributed by atoms with Crippen molar-refractivity contribution in [2.45, 2.75) is 0 Å². The maximum Gasteiger partial charge on any atom is 0.252 e. The van der Waals surface area contributed by atoms with Crippen LogP contribution in [-0.2, 0) is 0 Å². The zero-order chi connectivity index (χ0) is 14.1. The van der Waals surface area contributed by atoms with E-state index in [2.05, 4.69) is 22.2 Å². The number of hydrogen-bond acceptors (Lipinski definition) is 2. The Morgan fingerprint density at radius 2 is 2.10 bits per heavy atom. The van der Waals surface area contributed by atoms with Gasteiger partial charge in [0.2, 0.25) is 0 Å². The number of aliphatic imine (C=N–C) groups is 1. The third kappa shape index (κ3) is 6.76. The molecule has 0 saturated heterocycles. The van der Waals surface area contributed by atoms with Gasteiger partial charge in [-0.05, 0) is 12.1 Å². The first kappa shape index (κ1) is 18.7. The van der Waals surface area contributed by atoms with Gasteiger partial charge in [-0.2, -0.15) is 0 Å². The number of carbonyl (C=O) groups is 1. The van der Waals surface area contributed by atoms with Gasteiger partial charge in [-0.15, -0.1) is 30.6 Å². The van der Waals surface area contributed by atoms with Gasteiger partial charge < -0.3 is 16.4 Å². The Hall–Kier alpha value is -1.28. The summed E-state index contributed by atoms with van der Waals surface area (Å²) in [6, 6.07) is 6.87. The van der Waals surface area contributed by atoms with Gasteiger partial charge in [0, 0.05) is 13.1 Å². The summed E-state index contributed by atoms with van der Waals surface area (Å²) >= 11 is 5.91. The number of halogens is 2. The molecule has 5 nitrogen and oxygen atoms in total. The maximum atomic E-state index is 11.8. The molecule has 4 N–H and O–H groups in total. The molecule has 7 heteroatoms. The Morgan fingerprint density at radius 3 is 2.75 bits per heavy atom. The molecule has 1 aromatic carbocycles. The van der Waals surface area contributed by atoms with Gasteiger partial charge in [-0.25, -0.2) is 0 Å². The minimum atomic E-state index is -0.224. The largest absolute Gasteiger partial charge is 0.370 e. The maximum absolute atomic E-state index is 11.8. The molecule has 1 rings (SSSR count). The number of amides is 1. The number of benzene rings is 1. The number of rotatable bonds is 6. The molecule has 0 bridgehead atoms. The third-order valence-electron chi connectivity index (χ3n) is 2.23. The monoisotopic (exact) mass is 408 g/mol. The number of hydrogen-bond donors (Lipinski definition) is 3. The molecule has 0 saturated carbocycles. The molecule has 0 spiro atoms. The molecule has 1 aromatic rings. The van der Waals surface area contributed by atoms with Crippen LogP contribution in [0.1, 0.15) is 10.4 Å². The van der Waals surface area contributed by atoms with Crippen LogP contribution in [0.2, 0.25) is 5.02 Å². The smallest absolute Gasteiger partial charge is 0.252 e. The van der Waals surface area contributed by atoms with Crippen LogP contribution >= 0.6 is 35.6 Å². The predicted octanol–water partition coefficient (Wildman–Crippen LogP) is 1.78. The van der Waals surface area contributed by atoms with E-state index in [0.29, 0.717) is 36.2 Å². The molecule has 110 valence electrons. The molecule has 1 amide bonds. The van der Waals surface area contributed by atoms with E-state index in [1.165, 1.54) is 0 Å².